The Morgan fingerprint density at radius 2 is 2.06 bits per heavy atom. The molecular weight excluding hydrogens is 220 g/mol. The zero-order valence-electron chi connectivity index (χ0n) is 10.6. The summed E-state index contributed by atoms with van der Waals surface area (Å²) in [6.45, 7) is 6.93. The minimum absolute atomic E-state index is 0.00743. The van der Waals surface area contributed by atoms with E-state index in [-0.39, 0.29) is 23.8 Å². The summed E-state index contributed by atoms with van der Waals surface area (Å²) in [6.07, 6.45) is 0.315. The summed E-state index contributed by atoms with van der Waals surface area (Å²) in [4.78, 5) is 27.1. The van der Waals surface area contributed by atoms with Gasteiger partial charge in [0.1, 0.15) is 0 Å². The maximum Gasteiger partial charge on any atom is 0.228 e. The van der Waals surface area contributed by atoms with E-state index < -0.39 is 5.60 Å². The van der Waals surface area contributed by atoms with Gasteiger partial charge in [0.05, 0.1) is 24.6 Å². The van der Waals surface area contributed by atoms with Gasteiger partial charge in [-0.3, -0.25) is 9.59 Å². The van der Waals surface area contributed by atoms with Crippen LogP contribution >= 0.6 is 0 Å². The van der Waals surface area contributed by atoms with Gasteiger partial charge in [-0.05, 0) is 20.8 Å². The molecule has 2 amide bonds. The minimum Gasteiger partial charge on any atom is -0.386 e. The van der Waals surface area contributed by atoms with Crippen LogP contribution in [0.15, 0.2) is 0 Å². The first-order valence-electron chi connectivity index (χ1n) is 6.11. The Kier molecular flexibility index (Phi) is 2.89. The summed E-state index contributed by atoms with van der Waals surface area (Å²) in [7, 11) is 0. The molecule has 5 heteroatoms. The summed E-state index contributed by atoms with van der Waals surface area (Å²) in [6, 6.07) is 0.153. The summed E-state index contributed by atoms with van der Waals surface area (Å²) in [5.74, 6) is -0.153. The van der Waals surface area contributed by atoms with E-state index in [1.165, 1.54) is 0 Å². The van der Waals surface area contributed by atoms with Gasteiger partial charge < -0.3 is 14.9 Å². The number of rotatable bonds is 2. The van der Waals surface area contributed by atoms with Crippen molar-refractivity contribution in [1.82, 2.24) is 9.80 Å². The molecule has 2 aliphatic rings. The van der Waals surface area contributed by atoms with E-state index in [0.717, 1.165) is 0 Å². The molecule has 0 spiro atoms. The molecule has 17 heavy (non-hydrogen) atoms. The van der Waals surface area contributed by atoms with E-state index >= 15 is 0 Å². The van der Waals surface area contributed by atoms with Crippen LogP contribution in [-0.4, -0.2) is 58.0 Å². The highest BCUT2D eigenvalue weighted by atomic mass is 16.3. The second-order valence-electron chi connectivity index (χ2n) is 5.73. The number of hydrogen-bond acceptors (Lipinski definition) is 3. The lowest BCUT2D eigenvalue weighted by Gasteiger charge is -2.45. The first kappa shape index (κ1) is 12.4. The molecule has 0 aromatic carbocycles. The van der Waals surface area contributed by atoms with Gasteiger partial charge in [-0.25, -0.2) is 0 Å². The summed E-state index contributed by atoms with van der Waals surface area (Å²) >= 11 is 0. The van der Waals surface area contributed by atoms with E-state index in [9.17, 15) is 14.7 Å². The van der Waals surface area contributed by atoms with Gasteiger partial charge in [-0.1, -0.05) is 0 Å². The molecule has 2 heterocycles. The molecule has 2 fully saturated rings. The molecule has 1 N–H and O–H groups in total. The van der Waals surface area contributed by atoms with Gasteiger partial charge >= 0.3 is 0 Å². The lowest BCUT2D eigenvalue weighted by molar-refractivity contribution is -0.156. The van der Waals surface area contributed by atoms with Crippen molar-refractivity contribution in [3.8, 4) is 0 Å². The van der Waals surface area contributed by atoms with E-state index in [1.807, 2.05) is 13.8 Å². The highest BCUT2D eigenvalue weighted by molar-refractivity contribution is 5.89. The average Bonchev–Trinajstić information content (AvgIpc) is 2.55. The Labute approximate surface area is 101 Å². The molecule has 2 rings (SSSR count). The molecule has 5 nitrogen and oxygen atoms in total. The predicted molar refractivity (Wildman–Crippen MR) is 62.2 cm³/mol. The topological polar surface area (TPSA) is 60.9 Å². The Hall–Kier alpha value is -1.10. The number of hydrogen-bond donors (Lipinski definition) is 1. The highest BCUT2D eigenvalue weighted by Gasteiger charge is 2.44. The maximum atomic E-state index is 12.1. The molecule has 1 unspecified atom stereocenters. The predicted octanol–water partition coefficient (Wildman–Crippen LogP) is -0.163. The fourth-order valence-corrected chi connectivity index (χ4v) is 2.59. The minimum atomic E-state index is -0.740. The second-order valence-corrected chi connectivity index (χ2v) is 5.73. The SMILES string of the molecule is CC(C)N1CC(C(=O)N2CC(C)(O)C2)CC1=O. The van der Waals surface area contributed by atoms with E-state index in [2.05, 4.69) is 0 Å². The third kappa shape index (κ3) is 2.29. The van der Waals surface area contributed by atoms with Gasteiger partial charge in [-0.15, -0.1) is 0 Å². The molecule has 0 saturated carbocycles. The van der Waals surface area contributed by atoms with Gasteiger partial charge in [0.25, 0.3) is 0 Å². The third-order valence-electron chi connectivity index (χ3n) is 3.51. The van der Waals surface area contributed by atoms with Crippen molar-refractivity contribution in [3.63, 3.8) is 0 Å². The molecule has 2 saturated heterocycles. The maximum absolute atomic E-state index is 12.1. The second kappa shape index (κ2) is 3.98. The fraction of sp³-hybridized carbons (Fsp3) is 0.833. The van der Waals surface area contributed by atoms with Crippen LogP contribution < -0.4 is 0 Å². The first-order chi connectivity index (χ1) is 7.80. The standard InChI is InChI=1S/C12H20N2O3/c1-8(2)14-5-9(4-10(14)15)11(16)13-6-12(3,17)7-13/h8-9,17H,4-7H2,1-3H3. The summed E-state index contributed by atoms with van der Waals surface area (Å²) in [5, 5.41) is 9.60. The number of amides is 2. The average molecular weight is 240 g/mol. The van der Waals surface area contributed by atoms with Crippen molar-refractivity contribution in [3.05, 3.63) is 0 Å². The van der Waals surface area contributed by atoms with Crippen molar-refractivity contribution < 1.29 is 14.7 Å². The number of carbonyl (C=O) groups excluding carboxylic acids is 2. The zero-order valence-corrected chi connectivity index (χ0v) is 10.6. The van der Waals surface area contributed by atoms with Crippen molar-refractivity contribution in [2.75, 3.05) is 19.6 Å². The molecule has 1 atom stereocenters. The van der Waals surface area contributed by atoms with Crippen LogP contribution in [-0.2, 0) is 9.59 Å². The normalized spacial score (nSPS) is 27.6. The Balaban J connectivity index is 1.93. The van der Waals surface area contributed by atoms with Crippen LogP contribution in [0.1, 0.15) is 27.2 Å². The number of nitrogens with zero attached hydrogens (tertiary/aromatic N) is 2. The van der Waals surface area contributed by atoms with Gasteiger partial charge in [0.15, 0.2) is 0 Å². The van der Waals surface area contributed by atoms with Crippen molar-refractivity contribution >= 4 is 11.8 Å². The molecular formula is C12H20N2O3. The number of β-amino-alcohol motifs (C(OH)–C–C–N with tert-alkyl or cyclic N) is 1. The van der Waals surface area contributed by atoms with E-state index in [1.54, 1.807) is 16.7 Å². The van der Waals surface area contributed by atoms with Crippen LogP contribution in [0.4, 0.5) is 0 Å². The third-order valence-corrected chi connectivity index (χ3v) is 3.51. The van der Waals surface area contributed by atoms with Crippen LogP contribution in [0, 0.1) is 5.92 Å². The van der Waals surface area contributed by atoms with E-state index in [4.69, 9.17) is 0 Å². The van der Waals surface area contributed by atoms with Crippen LogP contribution in [0.3, 0.4) is 0 Å². The van der Waals surface area contributed by atoms with E-state index in [0.29, 0.717) is 26.1 Å². The van der Waals surface area contributed by atoms with Crippen LogP contribution in [0.25, 0.3) is 0 Å². The number of aliphatic hydroxyl groups is 1. The van der Waals surface area contributed by atoms with Crippen molar-refractivity contribution in [2.24, 2.45) is 5.92 Å². The van der Waals surface area contributed by atoms with Gasteiger partial charge in [-0.2, -0.15) is 0 Å². The number of carbonyl (C=O) groups is 2. The van der Waals surface area contributed by atoms with Crippen molar-refractivity contribution in [1.29, 1.82) is 0 Å². The summed E-state index contributed by atoms with van der Waals surface area (Å²) in [5.41, 5.74) is -0.740. The first-order valence-corrected chi connectivity index (χ1v) is 6.11. The summed E-state index contributed by atoms with van der Waals surface area (Å²) < 4.78 is 0. The van der Waals surface area contributed by atoms with Crippen LogP contribution in [0.5, 0.6) is 0 Å². The smallest absolute Gasteiger partial charge is 0.228 e. The Morgan fingerprint density at radius 1 is 1.47 bits per heavy atom. The molecule has 0 aliphatic carbocycles. The van der Waals surface area contributed by atoms with Gasteiger partial charge in [0, 0.05) is 19.0 Å². The largest absolute Gasteiger partial charge is 0.386 e. The molecule has 0 aromatic heterocycles. The zero-order chi connectivity index (χ0) is 12.8. The lowest BCUT2D eigenvalue weighted by Crippen LogP contribution is -2.63. The molecule has 0 aromatic rings. The molecule has 0 radical (unpaired) electrons. The Bertz CT molecular complexity index is 344. The molecule has 96 valence electrons. The Morgan fingerprint density at radius 3 is 2.47 bits per heavy atom. The quantitative estimate of drug-likeness (QED) is 0.729. The monoisotopic (exact) mass is 240 g/mol. The lowest BCUT2D eigenvalue weighted by atomic mass is 9.94. The van der Waals surface area contributed by atoms with Crippen molar-refractivity contribution in [2.45, 2.75) is 38.8 Å². The number of likely N-dealkylation sites (tertiary alicyclic amines) is 2. The molecule has 2 aliphatic heterocycles. The fourth-order valence-electron chi connectivity index (χ4n) is 2.59. The van der Waals surface area contributed by atoms with Crippen LogP contribution in [0.2, 0.25) is 0 Å². The highest BCUT2D eigenvalue weighted by Crippen LogP contribution is 2.27. The molecule has 0 bridgehead atoms. The van der Waals surface area contributed by atoms with Gasteiger partial charge in [0.2, 0.25) is 11.8 Å².